The topological polar surface area (TPSA) is 76.7 Å². The molecule has 0 unspecified atom stereocenters. The van der Waals surface area contributed by atoms with Crippen LogP contribution >= 0.6 is 12.4 Å². The summed E-state index contributed by atoms with van der Waals surface area (Å²) >= 11 is 0. The first-order chi connectivity index (χ1) is 11.1. The summed E-state index contributed by atoms with van der Waals surface area (Å²) in [5, 5.41) is 3.46. The summed E-state index contributed by atoms with van der Waals surface area (Å²) in [6, 6.07) is 5.19. The smallest absolute Gasteiger partial charge is 0.240 e. The molecule has 1 heterocycles. The average molecular weight is 377 g/mol. The van der Waals surface area contributed by atoms with Crippen LogP contribution in [0.1, 0.15) is 38.5 Å². The van der Waals surface area contributed by atoms with E-state index in [1.165, 1.54) is 50.7 Å². The van der Waals surface area contributed by atoms with Crippen molar-refractivity contribution in [3.05, 3.63) is 18.2 Å². The second-order valence-electron chi connectivity index (χ2n) is 6.06. The fourth-order valence-electron chi connectivity index (χ4n) is 3.07. The molecule has 0 bridgehead atoms. The molecule has 24 heavy (non-hydrogen) atoms. The molecule has 1 aromatic carbocycles. The molecule has 1 aliphatic carbocycles. The Morgan fingerprint density at radius 3 is 2.46 bits per heavy atom. The van der Waals surface area contributed by atoms with Gasteiger partial charge in [0.15, 0.2) is 11.5 Å². The van der Waals surface area contributed by atoms with Crippen molar-refractivity contribution in [3.8, 4) is 11.5 Å². The molecule has 8 heteroatoms. The lowest BCUT2D eigenvalue weighted by molar-refractivity contribution is 0.174. The Hall–Kier alpha value is -1.02. The molecule has 0 radical (unpaired) electrons. The summed E-state index contributed by atoms with van der Waals surface area (Å²) in [5.41, 5.74) is 0. The van der Waals surface area contributed by atoms with Crippen molar-refractivity contribution in [2.75, 3.05) is 19.9 Å². The lowest BCUT2D eigenvalue weighted by atomic mass is 10.1. The fourth-order valence-corrected chi connectivity index (χ4v) is 4.12. The lowest BCUT2D eigenvalue weighted by Gasteiger charge is -2.16. The minimum Gasteiger partial charge on any atom is -0.454 e. The predicted octanol–water partition coefficient (Wildman–Crippen LogP) is 2.43. The van der Waals surface area contributed by atoms with Crippen molar-refractivity contribution in [2.45, 2.75) is 49.5 Å². The lowest BCUT2D eigenvalue weighted by Crippen LogP contribution is -2.36. The van der Waals surface area contributed by atoms with Crippen LogP contribution in [0.4, 0.5) is 0 Å². The molecule has 1 aliphatic heterocycles. The molecule has 0 spiro atoms. The molecule has 2 aliphatic rings. The van der Waals surface area contributed by atoms with Crippen LogP contribution in [0.5, 0.6) is 11.5 Å². The van der Waals surface area contributed by atoms with Crippen molar-refractivity contribution in [3.63, 3.8) is 0 Å². The molecular formula is C16H25ClN2O4S. The third-order valence-electron chi connectivity index (χ3n) is 4.36. The minimum atomic E-state index is -3.52. The quantitative estimate of drug-likeness (QED) is 0.589. The number of nitrogens with one attached hydrogen (secondary N) is 2. The van der Waals surface area contributed by atoms with Gasteiger partial charge in [-0.05, 0) is 25.0 Å². The normalized spacial score (nSPS) is 18.0. The SMILES string of the molecule is Cl.O=S(=O)(NCCNC1CCCCCC1)c1ccc2c(c1)OCO2. The first kappa shape index (κ1) is 19.3. The second kappa shape index (κ2) is 8.89. The largest absolute Gasteiger partial charge is 0.454 e. The molecule has 1 fully saturated rings. The van der Waals surface area contributed by atoms with Crippen LogP contribution in [0.2, 0.25) is 0 Å². The summed E-state index contributed by atoms with van der Waals surface area (Å²) in [7, 11) is -3.52. The van der Waals surface area contributed by atoms with Gasteiger partial charge in [-0.2, -0.15) is 0 Å². The highest BCUT2D eigenvalue weighted by Gasteiger charge is 2.20. The first-order valence-corrected chi connectivity index (χ1v) is 9.76. The number of hydrogen-bond acceptors (Lipinski definition) is 5. The van der Waals surface area contributed by atoms with Gasteiger partial charge in [0.25, 0.3) is 0 Å². The zero-order valence-electron chi connectivity index (χ0n) is 13.6. The van der Waals surface area contributed by atoms with Crippen molar-refractivity contribution in [1.82, 2.24) is 10.0 Å². The van der Waals surface area contributed by atoms with Crippen molar-refractivity contribution in [2.24, 2.45) is 0 Å². The van der Waals surface area contributed by atoms with Crippen LogP contribution in [0.3, 0.4) is 0 Å². The maximum absolute atomic E-state index is 12.3. The van der Waals surface area contributed by atoms with Crippen LogP contribution < -0.4 is 19.5 Å². The highest BCUT2D eigenvalue weighted by molar-refractivity contribution is 7.89. The van der Waals surface area contributed by atoms with Gasteiger partial charge in [0.2, 0.25) is 16.8 Å². The van der Waals surface area contributed by atoms with Crippen LogP contribution in [0.15, 0.2) is 23.1 Å². The molecule has 0 atom stereocenters. The molecule has 3 rings (SSSR count). The van der Waals surface area contributed by atoms with Crippen molar-refractivity contribution in [1.29, 1.82) is 0 Å². The van der Waals surface area contributed by atoms with Gasteiger partial charge in [-0.15, -0.1) is 12.4 Å². The van der Waals surface area contributed by atoms with E-state index in [1.807, 2.05) is 0 Å². The molecule has 6 nitrogen and oxygen atoms in total. The molecule has 1 saturated carbocycles. The third kappa shape index (κ3) is 4.99. The Morgan fingerprint density at radius 1 is 1.00 bits per heavy atom. The Bertz CT molecular complexity index is 631. The summed E-state index contributed by atoms with van der Waals surface area (Å²) in [4.78, 5) is 0.205. The molecule has 0 amide bonds. The maximum Gasteiger partial charge on any atom is 0.240 e. The van der Waals surface area contributed by atoms with E-state index in [9.17, 15) is 8.42 Å². The van der Waals surface area contributed by atoms with Gasteiger partial charge in [0.1, 0.15) is 0 Å². The molecular weight excluding hydrogens is 352 g/mol. The first-order valence-electron chi connectivity index (χ1n) is 8.28. The number of ether oxygens (including phenoxy) is 2. The summed E-state index contributed by atoms with van der Waals surface area (Å²) in [6.07, 6.45) is 7.54. The van der Waals surface area contributed by atoms with E-state index >= 15 is 0 Å². The zero-order chi connectivity index (χ0) is 16.1. The van der Waals surface area contributed by atoms with Crippen LogP contribution in [0, 0.1) is 0 Å². The van der Waals surface area contributed by atoms with Crippen molar-refractivity contribution >= 4 is 22.4 Å². The number of rotatable bonds is 6. The zero-order valence-corrected chi connectivity index (χ0v) is 15.3. The van der Waals surface area contributed by atoms with Crippen LogP contribution in [-0.4, -0.2) is 34.3 Å². The Balaban J connectivity index is 0.00000208. The Morgan fingerprint density at radius 2 is 1.71 bits per heavy atom. The Kier molecular flexibility index (Phi) is 7.16. The Labute approximate surface area is 149 Å². The van der Waals surface area contributed by atoms with Crippen LogP contribution in [0.25, 0.3) is 0 Å². The van der Waals surface area contributed by atoms with E-state index < -0.39 is 10.0 Å². The number of fused-ring (bicyclic) bond motifs is 1. The van der Waals surface area contributed by atoms with Crippen LogP contribution in [-0.2, 0) is 10.0 Å². The van der Waals surface area contributed by atoms with Gasteiger partial charge in [0, 0.05) is 25.2 Å². The van der Waals surface area contributed by atoms with Gasteiger partial charge in [-0.1, -0.05) is 25.7 Å². The molecule has 1 aromatic rings. The predicted molar refractivity (Wildman–Crippen MR) is 94.5 cm³/mol. The number of hydrogen-bond donors (Lipinski definition) is 2. The fraction of sp³-hybridized carbons (Fsp3) is 0.625. The van der Waals surface area contributed by atoms with Gasteiger partial charge in [0.05, 0.1) is 4.90 Å². The minimum absolute atomic E-state index is 0. The van der Waals surface area contributed by atoms with E-state index in [2.05, 4.69) is 10.0 Å². The van der Waals surface area contributed by atoms with E-state index in [1.54, 1.807) is 6.07 Å². The van der Waals surface area contributed by atoms with Gasteiger partial charge in [-0.3, -0.25) is 0 Å². The molecule has 0 aromatic heterocycles. The van der Waals surface area contributed by atoms with Gasteiger partial charge in [-0.25, -0.2) is 13.1 Å². The highest BCUT2D eigenvalue weighted by Crippen LogP contribution is 2.33. The monoisotopic (exact) mass is 376 g/mol. The van der Waals surface area contributed by atoms with E-state index in [0.29, 0.717) is 30.6 Å². The van der Waals surface area contributed by atoms with Gasteiger partial charge < -0.3 is 14.8 Å². The van der Waals surface area contributed by atoms with E-state index in [4.69, 9.17) is 9.47 Å². The van der Waals surface area contributed by atoms with Crippen molar-refractivity contribution < 1.29 is 17.9 Å². The van der Waals surface area contributed by atoms with E-state index in [-0.39, 0.29) is 24.1 Å². The number of halogens is 1. The van der Waals surface area contributed by atoms with E-state index in [0.717, 1.165) is 0 Å². The molecule has 136 valence electrons. The second-order valence-corrected chi connectivity index (χ2v) is 7.82. The maximum atomic E-state index is 12.3. The third-order valence-corrected chi connectivity index (χ3v) is 5.82. The summed E-state index contributed by atoms with van der Waals surface area (Å²) in [5.74, 6) is 1.06. The van der Waals surface area contributed by atoms with Gasteiger partial charge >= 0.3 is 0 Å². The highest BCUT2D eigenvalue weighted by atomic mass is 35.5. The number of sulfonamides is 1. The summed E-state index contributed by atoms with van der Waals surface area (Å²) in [6.45, 7) is 1.17. The summed E-state index contributed by atoms with van der Waals surface area (Å²) < 4.78 is 37.7. The molecule has 2 N–H and O–H groups in total. The number of benzene rings is 1. The standard InChI is InChI=1S/C16H24N2O4S.ClH/c19-23(20,14-7-8-15-16(11-14)22-12-21-15)18-10-9-17-13-5-3-1-2-4-6-13;/h7-8,11,13,17-18H,1-6,9-10,12H2;1H. The average Bonchev–Trinajstić information content (AvgIpc) is 2.86. The molecule has 0 saturated heterocycles.